The lowest BCUT2D eigenvalue weighted by atomic mass is 10.1. The molecule has 9 heteroatoms. The summed E-state index contributed by atoms with van der Waals surface area (Å²) in [5, 5.41) is 20.9. The van der Waals surface area contributed by atoms with Gasteiger partial charge in [0.25, 0.3) is 0 Å². The molecular weight excluding hydrogens is 343 g/mol. The Hall–Kier alpha value is -1.47. The molecule has 4 atom stereocenters. The maximum atomic E-state index is 10.5. The molecule has 1 aliphatic rings. The van der Waals surface area contributed by atoms with Crippen molar-refractivity contribution in [3.8, 4) is 5.88 Å². The Bertz CT molecular complexity index is 818. The first-order valence-electron chi connectivity index (χ1n) is 8.15. The Kier molecular flexibility index (Phi) is 4.90. The van der Waals surface area contributed by atoms with Gasteiger partial charge >= 0.3 is 0 Å². The molecule has 0 saturated carbocycles. The van der Waals surface area contributed by atoms with Gasteiger partial charge in [-0.2, -0.15) is 4.98 Å². The van der Waals surface area contributed by atoms with Gasteiger partial charge in [-0.15, -0.1) is 13.2 Å². The highest BCUT2D eigenvalue weighted by molar-refractivity contribution is 7.72. The number of ether oxygens (including phenoxy) is 2. The largest absolute Gasteiger partial charge is 0.479 e. The molecular formula is C16H25N4O4P. The molecule has 138 valence electrons. The summed E-state index contributed by atoms with van der Waals surface area (Å²) < 4.78 is 12.8. The number of hydrogen-bond acceptors (Lipinski definition) is 7. The third-order valence-corrected chi connectivity index (χ3v) is 5.79. The average molecular weight is 368 g/mol. The summed E-state index contributed by atoms with van der Waals surface area (Å²) in [6.07, 6.45) is 4.03. The van der Waals surface area contributed by atoms with Crippen molar-refractivity contribution in [3.05, 3.63) is 12.2 Å². The number of aliphatic hydroxyl groups is 2. The molecule has 0 spiro atoms. The lowest BCUT2D eigenvalue weighted by Gasteiger charge is -2.18. The predicted molar refractivity (Wildman–Crippen MR) is 97.9 cm³/mol. The molecule has 2 aromatic rings. The van der Waals surface area contributed by atoms with Gasteiger partial charge in [-0.3, -0.25) is 4.57 Å². The summed E-state index contributed by atoms with van der Waals surface area (Å²) in [4.78, 5) is 12.9. The summed E-state index contributed by atoms with van der Waals surface area (Å²) in [6.45, 7) is 4.80. The molecule has 0 unspecified atom stereocenters. The van der Waals surface area contributed by atoms with Crippen LogP contribution < -0.4 is 4.74 Å². The van der Waals surface area contributed by atoms with Crippen LogP contribution >= 0.6 is 6.89 Å². The molecule has 3 rings (SSSR count). The van der Waals surface area contributed by atoms with Crippen molar-refractivity contribution in [2.45, 2.75) is 37.9 Å². The summed E-state index contributed by atoms with van der Waals surface area (Å²) in [5.74, 6) is 0.897. The van der Waals surface area contributed by atoms with Crippen molar-refractivity contribution in [2.24, 2.45) is 0 Å². The Labute approximate surface area is 146 Å². The summed E-state index contributed by atoms with van der Waals surface area (Å²) >= 11 is 0. The van der Waals surface area contributed by atoms with Crippen LogP contribution in [0.15, 0.2) is 6.33 Å². The fourth-order valence-electron chi connectivity index (χ4n) is 3.00. The number of rotatable bonds is 5. The highest BCUT2D eigenvalue weighted by Gasteiger charge is 2.44. The standard InChI is InChI=1S/C16H25N4O4P/c1-9-18-14-11(15(19-9)23-2)17-8-20(14)16-13(22)12(21)10(24-16)6-7-25(3,4)5/h8,10,12-13,16,21-22H,3,6-7H2,1-2,4-5H3/t10-,12-,13-,16-/m1/s1. The van der Waals surface area contributed by atoms with E-state index in [9.17, 15) is 10.2 Å². The fraction of sp³-hybridized carbons (Fsp3) is 0.625. The van der Waals surface area contributed by atoms with Gasteiger partial charge in [0.1, 0.15) is 18.0 Å². The van der Waals surface area contributed by atoms with E-state index >= 15 is 0 Å². The minimum atomic E-state index is -1.23. The number of fused-ring (bicyclic) bond motifs is 1. The second-order valence-electron chi connectivity index (χ2n) is 7.10. The predicted octanol–water partition coefficient (Wildman–Crippen LogP) is 0.862. The third kappa shape index (κ3) is 3.58. The van der Waals surface area contributed by atoms with Crippen molar-refractivity contribution in [1.82, 2.24) is 19.5 Å². The van der Waals surface area contributed by atoms with E-state index in [-0.39, 0.29) is 0 Å². The molecule has 0 radical (unpaired) electrons. The number of aromatic nitrogens is 4. The monoisotopic (exact) mass is 368 g/mol. The maximum absolute atomic E-state index is 10.5. The number of methoxy groups -OCH3 is 1. The van der Waals surface area contributed by atoms with Crippen LogP contribution in [0.25, 0.3) is 11.2 Å². The number of nitrogens with zero attached hydrogens (tertiary/aromatic N) is 4. The van der Waals surface area contributed by atoms with Crippen LogP contribution in [0.1, 0.15) is 18.5 Å². The van der Waals surface area contributed by atoms with E-state index in [1.807, 2.05) is 0 Å². The minimum absolute atomic E-state index is 0.370. The van der Waals surface area contributed by atoms with E-state index in [4.69, 9.17) is 9.47 Å². The second-order valence-corrected chi connectivity index (χ2v) is 11.4. The van der Waals surface area contributed by atoms with Gasteiger partial charge < -0.3 is 19.7 Å². The van der Waals surface area contributed by atoms with Gasteiger partial charge in [0.15, 0.2) is 17.4 Å². The Morgan fingerprint density at radius 2 is 2.04 bits per heavy atom. The Balaban J connectivity index is 1.90. The molecule has 0 aromatic carbocycles. The molecule has 2 aromatic heterocycles. The van der Waals surface area contributed by atoms with Gasteiger partial charge in [0, 0.05) is 0 Å². The van der Waals surface area contributed by atoms with E-state index in [0.717, 1.165) is 6.16 Å². The first-order valence-corrected chi connectivity index (χ1v) is 11.2. The summed E-state index contributed by atoms with van der Waals surface area (Å²) in [5.41, 5.74) is 0.998. The summed E-state index contributed by atoms with van der Waals surface area (Å²) in [7, 11) is 1.52. The van der Waals surface area contributed by atoms with E-state index in [2.05, 4.69) is 34.6 Å². The Morgan fingerprint density at radius 3 is 2.68 bits per heavy atom. The molecule has 3 heterocycles. The zero-order valence-corrected chi connectivity index (χ0v) is 15.8. The number of hydrogen-bond donors (Lipinski definition) is 2. The van der Waals surface area contributed by atoms with E-state index in [0.29, 0.717) is 29.3 Å². The normalized spacial score (nSPS) is 27.1. The van der Waals surface area contributed by atoms with Crippen molar-refractivity contribution < 1.29 is 19.7 Å². The van der Waals surface area contributed by atoms with Crippen LogP contribution in [0.3, 0.4) is 0 Å². The van der Waals surface area contributed by atoms with Crippen LogP contribution in [0, 0.1) is 6.92 Å². The van der Waals surface area contributed by atoms with Crippen LogP contribution in [0.2, 0.25) is 0 Å². The minimum Gasteiger partial charge on any atom is -0.479 e. The van der Waals surface area contributed by atoms with Gasteiger partial charge in [-0.1, -0.05) is 0 Å². The molecule has 8 nitrogen and oxygen atoms in total. The molecule has 25 heavy (non-hydrogen) atoms. The molecule has 0 amide bonds. The maximum Gasteiger partial charge on any atom is 0.245 e. The first-order chi connectivity index (χ1) is 11.7. The van der Waals surface area contributed by atoms with Crippen molar-refractivity contribution in [2.75, 3.05) is 26.6 Å². The molecule has 1 aliphatic heterocycles. The van der Waals surface area contributed by atoms with Crippen molar-refractivity contribution >= 4 is 24.3 Å². The van der Waals surface area contributed by atoms with Gasteiger partial charge in [-0.25, -0.2) is 9.97 Å². The van der Waals surface area contributed by atoms with Crippen LogP contribution in [-0.4, -0.2) is 80.9 Å². The van der Waals surface area contributed by atoms with Gasteiger partial charge in [0.2, 0.25) is 5.88 Å². The number of imidazole rings is 1. The van der Waals surface area contributed by atoms with Crippen molar-refractivity contribution in [1.29, 1.82) is 0 Å². The number of aliphatic hydroxyl groups excluding tert-OH is 2. The van der Waals surface area contributed by atoms with Gasteiger partial charge in [0.05, 0.1) is 19.5 Å². The SMILES string of the molecule is C=P(C)(C)CC[C@H]1O[C@@H](n2cnc3c(OC)nc(C)nc32)[C@H](O)[C@@H]1O. The second kappa shape index (κ2) is 6.68. The molecule has 1 saturated heterocycles. The van der Waals surface area contributed by atoms with E-state index in [1.54, 1.807) is 11.5 Å². The van der Waals surface area contributed by atoms with Crippen LogP contribution in [0.5, 0.6) is 5.88 Å². The van der Waals surface area contributed by atoms with Gasteiger partial charge in [-0.05, 0) is 32.8 Å². The molecule has 0 aliphatic carbocycles. The molecule has 1 fully saturated rings. The molecule has 0 bridgehead atoms. The smallest absolute Gasteiger partial charge is 0.245 e. The van der Waals surface area contributed by atoms with Crippen LogP contribution in [0.4, 0.5) is 0 Å². The van der Waals surface area contributed by atoms with Crippen LogP contribution in [-0.2, 0) is 4.74 Å². The quantitative estimate of drug-likeness (QED) is 0.755. The first kappa shape index (κ1) is 18.3. The zero-order valence-electron chi connectivity index (χ0n) is 15.0. The fourth-order valence-corrected chi connectivity index (χ4v) is 3.95. The van der Waals surface area contributed by atoms with Crippen molar-refractivity contribution in [3.63, 3.8) is 0 Å². The topological polar surface area (TPSA) is 103 Å². The van der Waals surface area contributed by atoms with E-state index in [1.165, 1.54) is 13.4 Å². The average Bonchev–Trinajstić information content (AvgIpc) is 3.06. The third-order valence-electron chi connectivity index (χ3n) is 4.32. The zero-order chi connectivity index (χ0) is 18.4. The molecule has 2 N–H and O–H groups in total. The highest BCUT2D eigenvalue weighted by atomic mass is 31.2. The lowest BCUT2D eigenvalue weighted by molar-refractivity contribution is -0.0353. The number of aryl methyl sites for hydroxylation is 1. The Morgan fingerprint density at radius 1 is 1.32 bits per heavy atom. The van der Waals surface area contributed by atoms with E-state index < -0.39 is 31.4 Å². The summed E-state index contributed by atoms with van der Waals surface area (Å²) in [6, 6.07) is 0. The highest BCUT2D eigenvalue weighted by Crippen LogP contribution is 2.40. The lowest BCUT2D eigenvalue weighted by Crippen LogP contribution is -2.31.